The Balaban J connectivity index is 2.66. The molecule has 0 saturated carbocycles. The van der Waals surface area contributed by atoms with Crippen molar-refractivity contribution in [3.8, 4) is 0 Å². The standard InChI is InChI=1S/C14H19NO5S/c1-4-20-12(16)6-5-11(14(18)19)15-13(17)10-7-8(2)21-9(10)3/h7,11H,4-6H2,1-3H3,(H,15,17)(H,18,19)/t11-/m0/s1. The Morgan fingerprint density at radius 1 is 1.38 bits per heavy atom. The predicted molar refractivity (Wildman–Crippen MR) is 78.6 cm³/mol. The van der Waals surface area contributed by atoms with Crippen LogP contribution in [-0.4, -0.2) is 35.6 Å². The van der Waals surface area contributed by atoms with E-state index in [2.05, 4.69) is 5.32 Å². The van der Waals surface area contributed by atoms with Crippen molar-refractivity contribution in [3.05, 3.63) is 21.4 Å². The quantitative estimate of drug-likeness (QED) is 0.750. The first-order valence-corrected chi connectivity index (χ1v) is 7.43. The van der Waals surface area contributed by atoms with Gasteiger partial charge in [-0.15, -0.1) is 11.3 Å². The lowest BCUT2D eigenvalue weighted by atomic mass is 10.1. The van der Waals surface area contributed by atoms with E-state index < -0.39 is 23.9 Å². The maximum absolute atomic E-state index is 12.1. The third kappa shape index (κ3) is 5.18. The van der Waals surface area contributed by atoms with Gasteiger partial charge in [0.15, 0.2) is 0 Å². The average Bonchev–Trinajstić information content (AvgIpc) is 2.73. The molecule has 1 aromatic heterocycles. The third-order valence-corrected chi connectivity index (χ3v) is 3.80. The molecule has 116 valence electrons. The minimum absolute atomic E-state index is 0.00206. The summed E-state index contributed by atoms with van der Waals surface area (Å²) in [4.78, 5) is 36.3. The second kappa shape index (κ2) is 7.78. The second-order valence-electron chi connectivity index (χ2n) is 4.53. The fourth-order valence-corrected chi connectivity index (χ4v) is 2.77. The van der Waals surface area contributed by atoms with E-state index in [1.165, 1.54) is 11.3 Å². The highest BCUT2D eigenvalue weighted by atomic mass is 32.1. The predicted octanol–water partition coefficient (Wildman–Crippen LogP) is 1.89. The number of ether oxygens (including phenoxy) is 1. The number of esters is 1. The Bertz CT molecular complexity index is 537. The molecule has 0 fully saturated rings. The third-order valence-electron chi connectivity index (χ3n) is 2.83. The molecule has 21 heavy (non-hydrogen) atoms. The van der Waals surface area contributed by atoms with Gasteiger partial charge in [-0.3, -0.25) is 9.59 Å². The Hall–Kier alpha value is -1.89. The monoisotopic (exact) mass is 313 g/mol. The van der Waals surface area contributed by atoms with Crippen LogP contribution in [-0.2, 0) is 14.3 Å². The van der Waals surface area contributed by atoms with Crippen LogP contribution in [0.2, 0.25) is 0 Å². The van der Waals surface area contributed by atoms with E-state index in [9.17, 15) is 14.4 Å². The summed E-state index contributed by atoms with van der Waals surface area (Å²) in [5, 5.41) is 11.6. The van der Waals surface area contributed by atoms with Crippen molar-refractivity contribution in [2.75, 3.05) is 6.61 Å². The van der Waals surface area contributed by atoms with E-state index in [-0.39, 0.29) is 19.4 Å². The molecule has 7 heteroatoms. The lowest BCUT2D eigenvalue weighted by Crippen LogP contribution is -2.41. The van der Waals surface area contributed by atoms with Gasteiger partial charge < -0.3 is 15.2 Å². The summed E-state index contributed by atoms with van der Waals surface area (Å²) in [6, 6.07) is 0.612. The summed E-state index contributed by atoms with van der Waals surface area (Å²) in [7, 11) is 0. The lowest BCUT2D eigenvalue weighted by molar-refractivity contribution is -0.144. The van der Waals surface area contributed by atoms with E-state index in [1.54, 1.807) is 19.9 Å². The lowest BCUT2D eigenvalue weighted by Gasteiger charge is -2.14. The molecule has 0 saturated heterocycles. The molecular weight excluding hydrogens is 294 g/mol. The van der Waals surface area contributed by atoms with Crippen molar-refractivity contribution in [1.29, 1.82) is 0 Å². The van der Waals surface area contributed by atoms with E-state index in [0.717, 1.165) is 9.75 Å². The normalized spacial score (nSPS) is 11.8. The van der Waals surface area contributed by atoms with Gasteiger partial charge in [-0.05, 0) is 33.3 Å². The van der Waals surface area contributed by atoms with Gasteiger partial charge in [0.2, 0.25) is 0 Å². The summed E-state index contributed by atoms with van der Waals surface area (Å²) >= 11 is 1.48. The van der Waals surface area contributed by atoms with E-state index in [4.69, 9.17) is 9.84 Å². The van der Waals surface area contributed by atoms with Crippen LogP contribution in [0.4, 0.5) is 0 Å². The van der Waals surface area contributed by atoms with E-state index in [0.29, 0.717) is 5.56 Å². The van der Waals surface area contributed by atoms with Crippen LogP contribution in [0, 0.1) is 13.8 Å². The molecule has 0 radical (unpaired) electrons. The van der Waals surface area contributed by atoms with E-state index in [1.807, 2.05) is 6.92 Å². The molecule has 0 bridgehead atoms. The van der Waals surface area contributed by atoms with Gasteiger partial charge in [0.25, 0.3) is 5.91 Å². The number of thiophene rings is 1. The zero-order valence-electron chi connectivity index (χ0n) is 12.3. The van der Waals surface area contributed by atoms with Crippen LogP contribution in [0.15, 0.2) is 6.07 Å². The molecule has 0 unspecified atom stereocenters. The van der Waals surface area contributed by atoms with Crippen molar-refractivity contribution < 1.29 is 24.2 Å². The zero-order chi connectivity index (χ0) is 16.0. The Morgan fingerprint density at radius 2 is 2.05 bits per heavy atom. The molecule has 0 aliphatic carbocycles. The van der Waals surface area contributed by atoms with Crippen LogP contribution in [0.1, 0.15) is 39.9 Å². The van der Waals surface area contributed by atoms with Gasteiger partial charge >= 0.3 is 11.9 Å². The molecule has 6 nitrogen and oxygen atoms in total. The summed E-state index contributed by atoms with van der Waals surface area (Å²) in [6.45, 7) is 5.61. The number of hydrogen-bond donors (Lipinski definition) is 2. The molecule has 0 spiro atoms. The molecule has 0 aliphatic heterocycles. The Morgan fingerprint density at radius 3 is 2.52 bits per heavy atom. The summed E-state index contributed by atoms with van der Waals surface area (Å²) in [6.07, 6.45) is -0.0468. The number of nitrogens with one attached hydrogen (secondary N) is 1. The largest absolute Gasteiger partial charge is 0.480 e. The number of carbonyl (C=O) groups excluding carboxylic acids is 2. The average molecular weight is 313 g/mol. The summed E-state index contributed by atoms with van der Waals surface area (Å²) in [5.41, 5.74) is 0.472. The number of hydrogen-bond acceptors (Lipinski definition) is 5. The smallest absolute Gasteiger partial charge is 0.326 e. The molecule has 1 heterocycles. The maximum atomic E-state index is 12.1. The molecule has 1 rings (SSSR count). The molecule has 1 amide bonds. The van der Waals surface area contributed by atoms with Gasteiger partial charge in [0.1, 0.15) is 6.04 Å². The molecule has 0 aromatic carbocycles. The zero-order valence-corrected chi connectivity index (χ0v) is 13.1. The Labute approximate surface area is 127 Å². The Kier molecular flexibility index (Phi) is 6.36. The summed E-state index contributed by atoms with van der Waals surface area (Å²) in [5.74, 6) is -2.08. The van der Waals surface area contributed by atoms with Crippen molar-refractivity contribution in [2.24, 2.45) is 0 Å². The number of rotatable bonds is 7. The first kappa shape index (κ1) is 17.2. The molecule has 1 atom stereocenters. The first-order chi connectivity index (χ1) is 9.85. The van der Waals surface area contributed by atoms with Crippen molar-refractivity contribution in [3.63, 3.8) is 0 Å². The fraction of sp³-hybridized carbons (Fsp3) is 0.500. The van der Waals surface area contributed by atoms with Gasteiger partial charge in [0.05, 0.1) is 12.2 Å². The number of aryl methyl sites for hydroxylation is 2. The van der Waals surface area contributed by atoms with Gasteiger partial charge in [-0.25, -0.2) is 4.79 Å². The second-order valence-corrected chi connectivity index (χ2v) is 6.00. The van der Waals surface area contributed by atoms with Crippen LogP contribution < -0.4 is 5.32 Å². The highest BCUT2D eigenvalue weighted by Gasteiger charge is 2.23. The minimum Gasteiger partial charge on any atom is -0.480 e. The summed E-state index contributed by atoms with van der Waals surface area (Å²) < 4.78 is 4.74. The van der Waals surface area contributed by atoms with Crippen molar-refractivity contribution in [1.82, 2.24) is 5.32 Å². The fourth-order valence-electron chi connectivity index (χ4n) is 1.84. The highest BCUT2D eigenvalue weighted by Crippen LogP contribution is 2.20. The number of carboxylic acids is 1. The number of carboxylic acid groups (broad SMARTS) is 1. The SMILES string of the molecule is CCOC(=O)CC[C@H](NC(=O)c1cc(C)sc1C)C(=O)O. The number of amides is 1. The minimum atomic E-state index is -1.17. The van der Waals surface area contributed by atoms with Gasteiger partial charge in [-0.1, -0.05) is 0 Å². The van der Waals surface area contributed by atoms with Gasteiger partial charge in [-0.2, -0.15) is 0 Å². The van der Waals surface area contributed by atoms with Crippen molar-refractivity contribution >= 4 is 29.2 Å². The molecule has 1 aromatic rings. The molecule has 0 aliphatic rings. The first-order valence-electron chi connectivity index (χ1n) is 6.61. The highest BCUT2D eigenvalue weighted by molar-refractivity contribution is 7.12. The number of aliphatic carboxylic acids is 1. The topological polar surface area (TPSA) is 92.7 Å². The molecular formula is C14H19NO5S. The van der Waals surface area contributed by atoms with Crippen LogP contribution in [0.25, 0.3) is 0 Å². The van der Waals surface area contributed by atoms with Crippen LogP contribution in [0.5, 0.6) is 0 Å². The van der Waals surface area contributed by atoms with Gasteiger partial charge in [0, 0.05) is 16.2 Å². The van der Waals surface area contributed by atoms with Crippen LogP contribution >= 0.6 is 11.3 Å². The molecule has 2 N–H and O–H groups in total. The van der Waals surface area contributed by atoms with Crippen molar-refractivity contribution in [2.45, 2.75) is 39.7 Å². The van der Waals surface area contributed by atoms with E-state index >= 15 is 0 Å². The number of carbonyl (C=O) groups is 3. The van der Waals surface area contributed by atoms with Crippen LogP contribution in [0.3, 0.4) is 0 Å². The maximum Gasteiger partial charge on any atom is 0.326 e.